The zero-order valence-corrected chi connectivity index (χ0v) is 16.4. The Morgan fingerprint density at radius 2 is 2.03 bits per heavy atom. The van der Waals surface area contributed by atoms with Crippen molar-refractivity contribution in [2.24, 2.45) is 4.99 Å². The van der Waals surface area contributed by atoms with Crippen molar-refractivity contribution in [2.45, 2.75) is 18.6 Å². The lowest BCUT2D eigenvalue weighted by atomic mass is 9.88. The van der Waals surface area contributed by atoms with Gasteiger partial charge in [-0.1, -0.05) is 42.5 Å². The first-order chi connectivity index (χ1) is 14.5. The molecule has 7 heteroatoms. The summed E-state index contributed by atoms with van der Waals surface area (Å²) in [6.07, 6.45) is 8.03. The molecule has 0 saturated carbocycles. The number of aliphatic imine (C=N–C) groups is 1. The Hall–Kier alpha value is -3.74. The van der Waals surface area contributed by atoms with Gasteiger partial charge in [-0.05, 0) is 37.3 Å². The van der Waals surface area contributed by atoms with E-state index < -0.39 is 23.6 Å². The molecule has 6 nitrogen and oxygen atoms in total. The third-order valence-corrected chi connectivity index (χ3v) is 5.20. The van der Waals surface area contributed by atoms with Crippen molar-refractivity contribution in [3.63, 3.8) is 0 Å². The Kier molecular flexibility index (Phi) is 5.18. The summed E-state index contributed by atoms with van der Waals surface area (Å²) < 4.78 is 13.4. The molecular formula is C23H21FN4O2. The van der Waals surface area contributed by atoms with E-state index in [1.54, 1.807) is 24.4 Å². The van der Waals surface area contributed by atoms with E-state index >= 15 is 0 Å². The number of carbonyl (C=O) groups excluding carboxylic acids is 2. The number of urea groups is 1. The van der Waals surface area contributed by atoms with Gasteiger partial charge in [-0.3, -0.25) is 9.79 Å². The largest absolute Gasteiger partial charge is 0.351 e. The van der Waals surface area contributed by atoms with Crippen LogP contribution in [0.3, 0.4) is 0 Å². The molecular weight excluding hydrogens is 383 g/mol. The molecule has 4 rings (SSSR count). The average Bonchev–Trinajstić information content (AvgIpc) is 2.90. The Morgan fingerprint density at radius 1 is 1.20 bits per heavy atom. The van der Waals surface area contributed by atoms with Gasteiger partial charge in [0.2, 0.25) is 0 Å². The van der Waals surface area contributed by atoms with Gasteiger partial charge in [-0.15, -0.1) is 0 Å². The molecule has 2 aromatic carbocycles. The number of benzene rings is 2. The summed E-state index contributed by atoms with van der Waals surface area (Å²) >= 11 is 0. The van der Waals surface area contributed by atoms with Crippen molar-refractivity contribution >= 4 is 29.4 Å². The number of ketones is 1. The molecule has 0 fully saturated rings. The first-order valence-corrected chi connectivity index (χ1v) is 9.59. The monoisotopic (exact) mass is 404 g/mol. The fourth-order valence-electron chi connectivity index (χ4n) is 3.60. The molecule has 2 unspecified atom stereocenters. The molecule has 0 saturated heterocycles. The summed E-state index contributed by atoms with van der Waals surface area (Å²) in [7, 11) is 0. The summed E-state index contributed by atoms with van der Waals surface area (Å²) in [6.45, 7) is 2.13. The van der Waals surface area contributed by atoms with Gasteiger partial charge < -0.3 is 15.5 Å². The molecule has 152 valence electrons. The van der Waals surface area contributed by atoms with Gasteiger partial charge in [0, 0.05) is 23.2 Å². The molecule has 1 aliphatic carbocycles. The minimum absolute atomic E-state index is 0.0512. The van der Waals surface area contributed by atoms with Gasteiger partial charge >= 0.3 is 6.03 Å². The lowest BCUT2D eigenvalue weighted by Gasteiger charge is -2.41. The quantitative estimate of drug-likeness (QED) is 0.820. The third-order valence-electron chi connectivity index (χ3n) is 5.20. The summed E-state index contributed by atoms with van der Waals surface area (Å²) in [5.41, 5.74) is 1.14. The lowest BCUT2D eigenvalue weighted by molar-refractivity contribution is -0.117. The molecule has 0 bridgehead atoms. The summed E-state index contributed by atoms with van der Waals surface area (Å²) in [5, 5.41) is 5.41. The van der Waals surface area contributed by atoms with Gasteiger partial charge in [0.15, 0.2) is 5.78 Å². The van der Waals surface area contributed by atoms with Gasteiger partial charge in [0.05, 0.1) is 6.54 Å². The predicted molar refractivity (Wildman–Crippen MR) is 115 cm³/mol. The first kappa shape index (κ1) is 19.6. The maximum atomic E-state index is 13.4. The van der Waals surface area contributed by atoms with E-state index in [0.29, 0.717) is 5.69 Å². The van der Waals surface area contributed by atoms with Crippen LogP contribution < -0.4 is 15.5 Å². The van der Waals surface area contributed by atoms with Crippen molar-refractivity contribution in [1.29, 1.82) is 0 Å². The zero-order valence-electron chi connectivity index (χ0n) is 16.4. The summed E-state index contributed by atoms with van der Waals surface area (Å²) in [5.74, 6) is -0.491. The molecule has 1 aliphatic heterocycles. The van der Waals surface area contributed by atoms with E-state index in [1.165, 1.54) is 18.2 Å². The topological polar surface area (TPSA) is 73.8 Å². The number of hydrogen-bond donors (Lipinski definition) is 2. The predicted octanol–water partition coefficient (Wildman–Crippen LogP) is 3.67. The number of halogens is 1. The highest BCUT2D eigenvalue weighted by atomic mass is 19.1. The maximum Gasteiger partial charge on any atom is 0.320 e. The molecule has 0 aromatic heterocycles. The minimum atomic E-state index is -0.905. The van der Waals surface area contributed by atoms with Crippen LogP contribution in [0, 0.1) is 5.82 Å². The number of nitrogens with zero attached hydrogens (tertiary/aromatic N) is 2. The van der Waals surface area contributed by atoms with Crippen LogP contribution in [0.15, 0.2) is 77.8 Å². The number of fused-ring (bicyclic) bond motifs is 1. The first-order valence-electron chi connectivity index (χ1n) is 9.59. The van der Waals surface area contributed by atoms with Crippen LogP contribution in [0.2, 0.25) is 0 Å². The SMILES string of the molecule is CC1(N2CC(NC(=O)Nc3cccc(F)c3)N=Cc3ccccc32)C=CC=CC1=O. The van der Waals surface area contributed by atoms with Crippen LogP contribution in [0.4, 0.5) is 20.6 Å². The van der Waals surface area contributed by atoms with Crippen LogP contribution in [-0.2, 0) is 4.79 Å². The highest BCUT2D eigenvalue weighted by Crippen LogP contribution is 2.32. The van der Waals surface area contributed by atoms with Gasteiger partial charge in [-0.25, -0.2) is 9.18 Å². The van der Waals surface area contributed by atoms with Gasteiger partial charge in [-0.2, -0.15) is 0 Å². The smallest absolute Gasteiger partial charge is 0.320 e. The second-order valence-corrected chi connectivity index (χ2v) is 7.30. The van der Waals surface area contributed by atoms with Crippen LogP contribution >= 0.6 is 0 Å². The molecule has 1 heterocycles. The van der Waals surface area contributed by atoms with Crippen LogP contribution in [0.1, 0.15) is 12.5 Å². The number of carbonyl (C=O) groups is 2. The van der Waals surface area contributed by atoms with E-state index in [-0.39, 0.29) is 12.3 Å². The maximum absolute atomic E-state index is 13.4. The minimum Gasteiger partial charge on any atom is -0.351 e. The number of nitrogens with one attached hydrogen (secondary N) is 2. The lowest BCUT2D eigenvalue weighted by Crippen LogP contribution is -2.56. The fraction of sp³-hybridized carbons (Fsp3) is 0.174. The molecule has 30 heavy (non-hydrogen) atoms. The van der Waals surface area contributed by atoms with Crippen LogP contribution in [-0.4, -0.2) is 36.3 Å². The summed E-state index contributed by atoms with van der Waals surface area (Å²) in [6, 6.07) is 12.8. The average molecular weight is 404 g/mol. The molecule has 2 N–H and O–H groups in total. The van der Waals surface area contributed by atoms with E-state index in [0.717, 1.165) is 11.3 Å². The highest BCUT2D eigenvalue weighted by Gasteiger charge is 2.39. The highest BCUT2D eigenvalue weighted by molar-refractivity contribution is 6.04. The van der Waals surface area contributed by atoms with Crippen LogP contribution in [0.5, 0.6) is 0 Å². The molecule has 0 spiro atoms. The van der Waals surface area contributed by atoms with Crippen molar-refractivity contribution in [2.75, 3.05) is 16.8 Å². The third kappa shape index (κ3) is 3.87. The zero-order chi connectivity index (χ0) is 21.1. The molecule has 2 aromatic rings. The van der Waals surface area contributed by atoms with Crippen LogP contribution in [0.25, 0.3) is 0 Å². The molecule has 0 radical (unpaired) electrons. The number of amides is 2. The fourth-order valence-corrected chi connectivity index (χ4v) is 3.60. The molecule has 2 aliphatic rings. The van der Waals surface area contributed by atoms with E-state index in [1.807, 2.05) is 48.2 Å². The van der Waals surface area contributed by atoms with E-state index in [9.17, 15) is 14.0 Å². The van der Waals surface area contributed by atoms with Crippen molar-refractivity contribution in [3.8, 4) is 0 Å². The Morgan fingerprint density at radius 3 is 2.83 bits per heavy atom. The number of benzodiazepines with no additional fused rings is 1. The second-order valence-electron chi connectivity index (χ2n) is 7.30. The number of anilines is 2. The second kappa shape index (κ2) is 7.94. The van der Waals surface area contributed by atoms with Crippen molar-refractivity contribution in [1.82, 2.24) is 5.32 Å². The number of hydrogen-bond acceptors (Lipinski definition) is 4. The normalized spacial score (nSPS) is 22.4. The number of para-hydroxylation sites is 1. The van der Waals surface area contributed by atoms with Crippen molar-refractivity contribution < 1.29 is 14.0 Å². The molecule has 2 atom stereocenters. The van der Waals surface area contributed by atoms with E-state index in [2.05, 4.69) is 15.6 Å². The Labute approximate surface area is 173 Å². The molecule has 2 amide bonds. The van der Waals surface area contributed by atoms with Crippen molar-refractivity contribution in [3.05, 3.63) is 84.2 Å². The van der Waals surface area contributed by atoms with E-state index in [4.69, 9.17) is 0 Å². The Bertz CT molecular complexity index is 1080. The number of allylic oxidation sites excluding steroid dienone is 2. The summed E-state index contributed by atoms with van der Waals surface area (Å²) in [4.78, 5) is 31.7. The van der Waals surface area contributed by atoms with Gasteiger partial charge in [0.1, 0.15) is 17.5 Å². The van der Waals surface area contributed by atoms with Gasteiger partial charge in [0.25, 0.3) is 0 Å². The standard InChI is InChI=1S/C23H21FN4O2/c1-23(12-5-4-11-20(23)29)28-15-21(25-14-16-7-2-3-10-19(16)28)27-22(30)26-18-9-6-8-17(24)13-18/h2-14,21H,15H2,1H3,(H2,26,27,30). The Balaban J connectivity index is 1.59. The number of rotatable bonds is 3.